The highest BCUT2D eigenvalue weighted by Gasteiger charge is 2.15. The zero-order valence-electron chi connectivity index (χ0n) is 10.6. The van der Waals surface area contributed by atoms with Gasteiger partial charge in [0.25, 0.3) is 0 Å². The molecule has 0 atom stereocenters. The van der Waals surface area contributed by atoms with Crippen LogP contribution in [0.1, 0.15) is 5.69 Å². The quantitative estimate of drug-likeness (QED) is 0.750. The van der Waals surface area contributed by atoms with Crippen LogP contribution in [0.2, 0.25) is 0 Å². The molecule has 3 N–H and O–H groups in total. The van der Waals surface area contributed by atoms with E-state index in [1.54, 1.807) is 41.3 Å². The Morgan fingerprint density at radius 2 is 1.75 bits per heavy atom. The van der Waals surface area contributed by atoms with Gasteiger partial charge in [0.15, 0.2) is 0 Å². The Morgan fingerprint density at radius 3 is 2.40 bits per heavy atom. The first kappa shape index (κ1) is 12.3. The maximum absolute atomic E-state index is 9.37. The van der Waals surface area contributed by atoms with Crippen molar-refractivity contribution in [3.05, 3.63) is 54.5 Å². The monoisotopic (exact) mass is 267 g/mol. The van der Waals surface area contributed by atoms with Gasteiger partial charge in [0.05, 0.1) is 11.4 Å². The third-order valence-corrected chi connectivity index (χ3v) is 2.98. The lowest BCUT2D eigenvalue weighted by atomic mass is 10.1. The highest BCUT2D eigenvalue weighted by molar-refractivity contribution is 5.63. The molecule has 0 saturated heterocycles. The van der Waals surface area contributed by atoms with E-state index in [0.717, 1.165) is 16.9 Å². The average molecular weight is 267 g/mol. The van der Waals surface area contributed by atoms with Crippen LogP contribution in [0.15, 0.2) is 48.8 Å². The van der Waals surface area contributed by atoms with E-state index in [9.17, 15) is 5.11 Å². The molecule has 0 fully saturated rings. The van der Waals surface area contributed by atoms with Crippen LogP contribution in [-0.2, 0) is 6.54 Å². The molecule has 0 saturated carbocycles. The first-order valence-electron chi connectivity index (χ1n) is 6.14. The van der Waals surface area contributed by atoms with Crippen molar-refractivity contribution in [3.8, 4) is 22.7 Å². The second-order valence-electron chi connectivity index (χ2n) is 4.25. The molecule has 0 aliphatic rings. The lowest BCUT2D eigenvalue weighted by Gasteiger charge is -2.07. The van der Waals surface area contributed by atoms with Gasteiger partial charge in [0.1, 0.15) is 11.4 Å². The molecule has 0 aliphatic carbocycles. The highest BCUT2D eigenvalue weighted by Crippen LogP contribution is 2.25. The minimum absolute atomic E-state index is 0.207. The summed E-state index contributed by atoms with van der Waals surface area (Å²) in [5.41, 5.74) is 9.03. The molecule has 0 spiro atoms. The van der Waals surface area contributed by atoms with Crippen molar-refractivity contribution in [2.24, 2.45) is 5.73 Å². The minimum Gasteiger partial charge on any atom is -0.508 e. The van der Waals surface area contributed by atoms with E-state index in [1.165, 1.54) is 0 Å². The van der Waals surface area contributed by atoms with Gasteiger partial charge in [-0.25, -0.2) is 4.68 Å². The fraction of sp³-hybridized carbons (Fsp3) is 0.0714. The molecule has 20 heavy (non-hydrogen) atoms. The normalized spacial score (nSPS) is 10.7. The molecule has 0 amide bonds. The fourth-order valence-corrected chi connectivity index (χ4v) is 2.02. The zero-order chi connectivity index (χ0) is 13.9. The number of aromatic nitrogens is 4. The Kier molecular flexibility index (Phi) is 3.14. The van der Waals surface area contributed by atoms with Gasteiger partial charge in [-0.3, -0.25) is 4.98 Å². The van der Waals surface area contributed by atoms with Gasteiger partial charge in [0, 0.05) is 24.5 Å². The Balaban J connectivity index is 2.17. The maximum Gasteiger partial charge on any atom is 0.115 e. The van der Waals surface area contributed by atoms with Gasteiger partial charge in [-0.15, -0.1) is 5.10 Å². The summed E-state index contributed by atoms with van der Waals surface area (Å²) >= 11 is 0. The smallest absolute Gasteiger partial charge is 0.115 e. The molecule has 2 heterocycles. The summed E-state index contributed by atoms with van der Waals surface area (Å²) in [7, 11) is 0. The van der Waals surface area contributed by atoms with E-state index in [-0.39, 0.29) is 5.75 Å². The van der Waals surface area contributed by atoms with Gasteiger partial charge in [-0.2, -0.15) is 0 Å². The Bertz CT molecular complexity index is 706. The van der Waals surface area contributed by atoms with E-state index >= 15 is 0 Å². The van der Waals surface area contributed by atoms with Crippen molar-refractivity contribution in [1.82, 2.24) is 20.0 Å². The molecule has 6 heteroatoms. The molecule has 0 aliphatic heterocycles. The highest BCUT2D eigenvalue weighted by atomic mass is 16.3. The predicted octanol–water partition coefficient (Wildman–Crippen LogP) is 1.49. The van der Waals surface area contributed by atoms with E-state index in [2.05, 4.69) is 15.3 Å². The van der Waals surface area contributed by atoms with Crippen LogP contribution in [0.4, 0.5) is 0 Å². The summed E-state index contributed by atoms with van der Waals surface area (Å²) in [6.07, 6.45) is 3.42. The Labute approximate surface area is 115 Å². The summed E-state index contributed by atoms with van der Waals surface area (Å²) in [5, 5.41) is 17.6. The van der Waals surface area contributed by atoms with Gasteiger partial charge >= 0.3 is 0 Å². The van der Waals surface area contributed by atoms with Gasteiger partial charge in [-0.05, 0) is 36.4 Å². The SMILES string of the molecule is NCc1nnn(-c2ccc(O)cc2)c1-c1ccncc1. The molecule has 1 aromatic carbocycles. The van der Waals surface area contributed by atoms with Gasteiger partial charge < -0.3 is 10.8 Å². The van der Waals surface area contributed by atoms with E-state index in [4.69, 9.17) is 5.73 Å². The largest absolute Gasteiger partial charge is 0.508 e. The number of aromatic hydroxyl groups is 1. The van der Waals surface area contributed by atoms with Crippen LogP contribution >= 0.6 is 0 Å². The van der Waals surface area contributed by atoms with Crippen LogP contribution in [0.25, 0.3) is 16.9 Å². The Hall–Kier alpha value is -2.73. The van der Waals surface area contributed by atoms with Gasteiger partial charge in [0.2, 0.25) is 0 Å². The Morgan fingerprint density at radius 1 is 1.05 bits per heavy atom. The molecule has 0 bridgehead atoms. The molecule has 0 unspecified atom stereocenters. The summed E-state index contributed by atoms with van der Waals surface area (Å²) in [6.45, 7) is 0.301. The molecular weight excluding hydrogens is 254 g/mol. The number of nitrogens with two attached hydrogens (primary N) is 1. The number of nitrogens with zero attached hydrogens (tertiary/aromatic N) is 4. The van der Waals surface area contributed by atoms with Crippen molar-refractivity contribution in [3.63, 3.8) is 0 Å². The second kappa shape index (κ2) is 5.10. The number of hydrogen-bond acceptors (Lipinski definition) is 5. The number of pyridine rings is 1. The van der Waals surface area contributed by atoms with Crippen LogP contribution in [0, 0.1) is 0 Å². The summed E-state index contributed by atoms with van der Waals surface area (Å²) < 4.78 is 1.71. The third-order valence-electron chi connectivity index (χ3n) is 2.98. The van der Waals surface area contributed by atoms with E-state index in [0.29, 0.717) is 12.2 Å². The molecule has 3 aromatic rings. The second-order valence-corrected chi connectivity index (χ2v) is 4.25. The number of phenolic OH excluding ortho intramolecular Hbond substituents is 1. The standard InChI is InChI=1S/C14H13N5O/c15-9-13-14(10-5-7-16-8-6-10)19(18-17-13)11-1-3-12(20)4-2-11/h1-8,20H,9,15H2. The molecule has 2 aromatic heterocycles. The van der Waals surface area contributed by atoms with Crippen LogP contribution in [-0.4, -0.2) is 25.1 Å². The van der Waals surface area contributed by atoms with Crippen molar-refractivity contribution >= 4 is 0 Å². The predicted molar refractivity (Wildman–Crippen MR) is 74.1 cm³/mol. The van der Waals surface area contributed by atoms with Gasteiger partial charge in [-0.1, -0.05) is 5.21 Å². The number of rotatable bonds is 3. The number of benzene rings is 1. The van der Waals surface area contributed by atoms with Crippen LogP contribution in [0.3, 0.4) is 0 Å². The van der Waals surface area contributed by atoms with Crippen molar-refractivity contribution in [1.29, 1.82) is 0 Å². The minimum atomic E-state index is 0.207. The average Bonchev–Trinajstić information content (AvgIpc) is 2.93. The first-order chi connectivity index (χ1) is 9.79. The molecule has 6 nitrogen and oxygen atoms in total. The van der Waals surface area contributed by atoms with Crippen molar-refractivity contribution in [2.45, 2.75) is 6.54 Å². The van der Waals surface area contributed by atoms with Crippen LogP contribution < -0.4 is 5.73 Å². The summed E-state index contributed by atoms with van der Waals surface area (Å²) in [4.78, 5) is 4.01. The number of hydrogen-bond donors (Lipinski definition) is 2. The number of phenols is 1. The molecule has 0 radical (unpaired) electrons. The van der Waals surface area contributed by atoms with E-state index in [1.807, 2.05) is 12.1 Å². The van der Waals surface area contributed by atoms with Crippen molar-refractivity contribution in [2.75, 3.05) is 0 Å². The molecule has 3 rings (SSSR count). The molecule has 100 valence electrons. The summed E-state index contributed by atoms with van der Waals surface area (Å²) in [6, 6.07) is 10.5. The van der Waals surface area contributed by atoms with Crippen LogP contribution in [0.5, 0.6) is 5.75 Å². The fourth-order valence-electron chi connectivity index (χ4n) is 2.02. The first-order valence-corrected chi connectivity index (χ1v) is 6.14. The topological polar surface area (TPSA) is 89.8 Å². The molecular formula is C14H13N5O. The summed E-state index contributed by atoms with van der Waals surface area (Å²) in [5.74, 6) is 0.207. The maximum atomic E-state index is 9.37. The lowest BCUT2D eigenvalue weighted by molar-refractivity contribution is 0.475. The zero-order valence-corrected chi connectivity index (χ0v) is 10.6. The lowest BCUT2D eigenvalue weighted by Crippen LogP contribution is -2.02. The van der Waals surface area contributed by atoms with Crippen molar-refractivity contribution < 1.29 is 5.11 Å². The van der Waals surface area contributed by atoms with E-state index < -0.39 is 0 Å². The third kappa shape index (κ3) is 2.12.